The summed E-state index contributed by atoms with van der Waals surface area (Å²) in [4.78, 5) is 11.1. The summed E-state index contributed by atoms with van der Waals surface area (Å²) >= 11 is 0. The van der Waals surface area contributed by atoms with E-state index in [1.54, 1.807) is 0 Å². The molecule has 1 fully saturated rings. The average molecular weight is 212 g/mol. The van der Waals surface area contributed by atoms with Gasteiger partial charge in [-0.15, -0.1) is 0 Å². The van der Waals surface area contributed by atoms with Crippen LogP contribution < -0.4 is 4.74 Å². The van der Waals surface area contributed by atoms with Gasteiger partial charge in [0.15, 0.2) is 11.6 Å². The predicted molar refractivity (Wildman–Crippen MR) is 49.9 cm³/mol. The summed E-state index contributed by atoms with van der Waals surface area (Å²) in [6, 6.07) is 2.03. The highest BCUT2D eigenvalue weighted by Gasteiger charge is 2.32. The van der Waals surface area contributed by atoms with Gasteiger partial charge in [-0.1, -0.05) is 0 Å². The first-order chi connectivity index (χ1) is 7.13. The lowest BCUT2D eigenvalue weighted by Crippen LogP contribution is -2.24. The Hall–Kier alpha value is -1.45. The Labute approximate surface area is 85.9 Å². The van der Waals surface area contributed by atoms with E-state index in [1.807, 2.05) is 0 Å². The monoisotopic (exact) mass is 212 g/mol. The van der Waals surface area contributed by atoms with Crippen LogP contribution in [0.4, 0.5) is 8.78 Å². The number of rotatable bonds is 2. The topological polar surface area (TPSA) is 26.3 Å². The molecule has 80 valence electrons. The van der Waals surface area contributed by atoms with Crippen LogP contribution in [0.25, 0.3) is 0 Å². The van der Waals surface area contributed by atoms with Crippen molar-refractivity contribution in [3.63, 3.8) is 0 Å². The number of Topliss-reactive ketones (excluding diaryl/α,β-unsaturated/α-hetero) is 1. The van der Waals surface area contributed by atoms with Crippen LogP contribution in [0.3, 0.4) is 0 Å². The van der Waals surface area contributed by atoms with E-state index in [0.29, 0.717) is 12.8 Å². The number of carbonyl (C=O) groups excluding carboxylic acids is 1. The highest BCUT2D eigenvalue weighted by atomic mass is 19.1. The Morgan fingerprint density at radius 3 is 2.53 bits per heavy atom. The van der Waals surface area contributed by atoms with Gasteiger partial charge >= 0.3 is 0 Å². The van der Waals surface area contributed by atoms with Crippen LogP contribution in [0, 0.1) is 11.6 Å². The van der Waals surface area contributed by atoms with Crippen molar-refractivity contribution in [2.24, 2.45) is 0 Å². The quantitative estimate of drug-likeness (QED) is 0.752. The van der Waals surface area contributed by atoms with Crippen molar-refractivity contribution in [1.82, 2.24) is 0 Å². The molecule has 1 unspecified atom stereocenters. The van der Waals surface area contributed by atoms with Gasteiger partial charge in [-0.05, 0) is 12.5 Å². The van der Waals surface area contributed by atoms with Gasteiger partial charge in [0.1, 0.15) is 11.6 Å². The molecule has 2 nitrogen and oxygen atoms in total. The lowest BCUT2D eigenvalue weighted by atomic mass is 9.78. The van der Waals surface area contributed by atoms with E-state index in [4.69, 9.17) is 0 Å². The second-order valence-electron chi connectivity index (χ2n) is 3.57. The second-order valence-corrected chi connectivity index (χ2v) is 3.57. The molecule has 1 saturated carbocycles. The van der Waals surface area contributed by atoms with Gasteiger partial charge in [0.05, 0.1) is 7.11 Å². The van der Waals surface area contributed by atoms with E-state index >= 15 is 0 Å². The Morgan fingerprint density at radius 1 is 1.33 bits per heavy atom. The molecule has 2 rings (SSSR count). The van der Waals surface area contributed by atoms with E-state index in [1.165, 1.54) is 7.11 Å². The first-order valence-corrected chi connectivity index (χ1v) is 4.69. The van der Waals surface area contributed by atoms with Crippen molar-refractivity contribution in [3.8, 4) is 5.75 Å². The first kappa shape index (κ1) is 10.1. The van der Waals surface area contributed by atoms with Crippen LogP contribution in [0.1, 0.15) is 24.3 Å². The Balaban J connectivity index is 2.40. The number of halogens is 2. The number of benzene rings is 1. The predicted octanol–water partition coefficient (Wildman–Crippen LogP) is 2.42. The highest BCUT2D eigenvalue weighted by molar-refractivity contribution is 5.91. The number of carbonyl (C=O) groups is 1. The van der Waals surface area contributed by atoms with E-state index in [0.717, 1.165) is 12.1 Å². The molecule has 0 radical (unpaired) electrons. The summed E-state index contributed by atoms with van der Waals surface area (Å²) in [7, 11) is 1.27. The van der Waals surface area contributed by atoms with E-state index in [2.05, 4.69) is 4.74 Å². The Kier molecular flexibility index (Phi) is 2.42. The number of methoxy groups -OCH3 is 1. The van der Waals surface area contributed by atoms with Gasteiger partial charge in [0.25, 0.3) is 0 Å². The average Bonchev–Trinajstić information content (AvgIpc) is 2.20. The molecular formula is C11H10F2O2. The molecule has 15 heavy (non-hydrogen) atoms. The van der Waals surface area contributed by atoms with Crippen molar-refractivity contribution in [2.75, 3.05) is 7.11 Å². The van der Waals surface area contributed by atoms with Crippen LogP contribution in [-0.4, -0.2) is 12.9 Å². The minimum absolute atomic E-state index is 0.0292. The third kappa shape index (κ3) is 1.60. The van der Waals surface area contributed by atoms with Gasteiger partial charge in [-0.2, -0.15) is 0 Å². The zero-order chi connectivity index (χ0) is 11.0. The summed E-state index contributed by atoms with van der Waals surface area (Å²) in [6.45, 7) is 0. The van der Waals surface area contributed by atoms with Crippen molar-refractivity contribution < 1.29 is 18.3 Å². The van der Waals surface area contributed by atoms with Gasteiger partial charge in [-0.25, -0.2) is 8.78 Å². The van der Waals surface area contributed by atoms with Gasteiger partial charge in [0.2, 0.25) is 0 Å². The van der Waals surface area contributed by atoms with E-state index in [-0.39, 0.29) is 17.1 Å². The van der Waals surface area contributed by atoms with Crippen molar-refractivity contribution in [3.05, 3.63) is 29.3 Å². The number of ketones is 1. The lowest BCUT2D eigenvalue weighted by Gasteiger charge is -2.24. The van der Waals surface area contributed by atoms with Crippen molar-refractivity contribution in [2.45, 2.75) is 18.8 Å². The minimum Gasteiger partial charge on any atom is -0.494 e. The minimum atomic E-state index is -0.631. The summed E-state index contributed by atoms with van der Waals surface area (Å²) in [6.07, 6.45) is 1.05. The van der Waals surface area contributed by atoms with Gasteiger partial charge in [0, 0.05) is 24.0 Å². The fraction of sp³-hybridized carbons (Fsp3) is 0.364. The Morgan fingerprint density at radius 2 is 2.07 bits per heavy atom. The third-order valence-electron chi connectivity index (χ3n) is 2.71. The van der Waals surface area contributed by atoms with Crippen molar-refractivity contribution in [1.29, 1.82) is 0 Å². The largest absolute Gasteiger partial charge is 0.494 e. The molecule has 0 amide bonds. The number of hydrogen-bond acceptors (Lipinski definition) is 2. The SMILES string of the molecule is COc1cc(F)c(C2CCC2=O)cc1F. The summed E-state index contributed by atoms with van der Waals surface area (Å²) < 4.78 is 31.4. The zero-order valence-corrected chi connectivity index (χ0v) is 8.22. The fourth-order valence-corrected chi connectivity index (χ4v) is 1.70. The maximum absolute atomic E-state index is 13.5. The third-order valence-corrected chi connectivity index (χ3v) is 2.71. The van der Waals surface area contributed by atoms with Crippen molar-refractivity contribution >= 4 is 5.78 Å². The molecule has 0 spiro atoms. The molecule has 4 heteroatoms. The second kappa shape index (κ2) is 3.61. The maximum Gasteiger partial charge on any atom is 0.165 e. The fourth-order valence-electron chi connectivity index (χ4n) is 1.70. The number of hydrogen-bond donors (Lipinski definition) is 0. The highest BCUT2D eigenvalue weighted by Crippen LogP contribution is 2.36. The summed E-state index contributed by atoms with van der Waals surface area (Å²) in [5.41, 5.74) is 0.143. The smallest absolute Gasteiger partial charge is 0.165 e. The van der Waals surface area contributed by atoms with Gasteiger partial charge in [-0.3, -0.25) is 4.79 Å². The molecular weight excluding hydrogens is 202 g/mol. The molecule has 1 atom stereocenters. The maximum atomic E-state index is 13.5. The molecule has 1 aliphatic carbocycles. The summed E-state index contributed by atoms with van der Waals surface area (Å²) in [5.74, 6) is -1.84. The van der Waals surface area contributed by atoms with Gasteiger partial charge < -0.3 is 4.74 Å². The summed E-state index contributed by atoms with van der Waals surface area (Å²) in [5, 5.41) is 0. The molecule has 0 bridgehead atoms. The molecule has 0 aromatic heterocycles. The van der Waals surface area contributed by atoms with Crippen LogP contribution >= 0.6 is 0 Å². The molecule has 0 saturated heterocycles. The van der Waals surface area contributed by atoms with Crippen LogP contribution in [-0.2, 0) is 4.79 Å². The van der Waals surface area contributed by atoms with Crippen LogP contribution in [0.2, 0.25) is 0 Å². The number of ether oxygens (including phenoxy) is 1. The molecule has 1 aliphatic rings. The van der Waals surface area contributed by atoms with E-state index in [9.17, 15) is 13.6 Å². The molecule has 0 aliphatic heterocycles. The molecule has 0 heterocycles. The Bertz CT molecular complexity index is 415. The first-order valence-electron chi connectivity index (χ1n) is 4.69. The van der Waals surface area contributed by atoms with Crippen LogP contribution in [0.15, 0.2) is 12.1 Å². The normalized spacial score (nSPS) is 19.9. The lowest BCUT2D eigenvalue weighted by molar-refractivity contribution is -0.125. The molecule has 1 aromatic carbocycles. The van der Waals surface area contributed by atoms with Crippen LogP contribution in [0.5, 0.6) is 5.75 Å². The zero-order valence-electron chi connectivity index (χ0n) is 8.22. The molecule has 1 aromatic rings. The standard InChI is InChI=1S/C11H10F2O2/c1-15-11-5-8(12)7(4-9(11)13)6-2-3-10(6)14/h4-6H,2-3H2,1H3. The van der Waals surface area contributed by atoms with E-state index < -0.39 is 17.6 Å². The molecule has 0 N–H and O–H groups in total.